The predicted octanol–water partition coefficient (Wildman–Crippen LogP) is 7.16. The average molecular weight is 455 g/mol. The van der Waals surface area contributed by atoms with Gasteiger partial charge in [0.15, 0.2) is 0 Å². The van der Waals surface area contributed by atoms with E-state index in [-0.39, 0.29) is 0 Å². The van der Waals surface area contributed by atoms with E-state index >= 15 is 0 Å². The number of nitrogens with zero attached hydrogens (tertiary/aromatic N) is 4. The lowest BCUT2D eigenvalue weighted by Crippen LogP contribution is -1.98. The Morgan fingerprint density at radius 2 is 1.61 bits per heavy atom. The summed E-state index contributed by atoms with van der Waals surface area (Å²) >= 11 is 6.14. The normalized spacial score (nSPS) is 11.2. The highest BCUT2D eigenvalue weighted by Crippen LogP contribution is 2.32. The van der Waals surface area contributed by atoms with Crippen molar-refractivity contribution < 1.29 is 4.74 Å². The number of hydrogen-bond donors (Lipinski definition) is 0. The zero-order chi connectivity index (χ0) is 23.1. The second-order valence-electron chi connectivity index (χ2n) is 8.29. The highest BCUT2D eigenvalue weighted by Gasteiger charge is 2.12. The molecule has 0 saturated heterocycles. The Morgan fingerprint density at radius 1 is 0.818 bits per heavy atom. The molecule has 0 aliphatic rings. The minimum absolute atomic E-state index is 0.715. The van der Waals surface area contributed by atoms with E-state index < -0.39 is 0 Å². The fraction of sp³-hybridized carbons (Fsp3) is 0.148. The minimum Gasteiger partial charge on any atom is -0.457 e. The number of halogens is 1. The van der Waals surface area contributed by atoms with E-state index in [1.54, 1.807) is 4.68 Å². The van der Waals surface area contributed by atoms with Crippen LogP contribution >= 0.6 is 11.6 Å². The van der Waals surface area contributed by atoms with E-state index in [0.29, 0.717) is 5.69 Å². The van der Waals surface area contributed by atoms with Crippen LogP contribution in [0.1, 0.15) is 22.3 Å². The maximum absolute atomic E-state index is 6.14. The number of benzene rings is 3. The number of fused-ring (bicyclic) bond motifs is 1. The summed E-state index contributed by atoms with van der Waals surface area (Å²) in [6.45, 7) is 8.31. The summed E-state index contributed by atoms with van der Waals surface area (Å²) < 4.78 is 7.93. The summed E-state index contributed by atoms with van der Waals surface area (Å²) in [7, 11) is 0. The van der Waals surface area contributed by atoms with E-state index in [1.165, 1.54) is 16.7 Å². The second-order valence-corrected chi connectivity index (χ2v) is 8.69. The van der Waals surface area contributed by atoms with Crippen LogP contribution in [-0.2, 0) is 0 Å². The van der Waals surface area contributed by atoms with Crippen LogP contribution in [0.25, 0.3) is 28.0 Å². The summed E-state index contributed by atoms with van der Waals surface area (Å²) in [6.07, 6.45) is 1.91. The van der Waals surface area contributed by atoms with Crippen LogP contribution in [0.4, 0.5) is 0 Å². The van der Waals surface area contributed by atoms with Crippen LogP contribution in [0.2, 0.25) is 5.02 Å². The van der Waals surface area contributed by atoms with Crippen LogP contribution in [0.15, 0.2) is 66.9 Å². The maximum atomic E-state index is 6.14. The largest absolute Gasteiger partial charge is 0.457 e. The molecule has 5 rings (SSSR count). The highest BCUT2D eigenvalue weighted by atomic mass is 35.5. The van der Waals surface area contributed by atoms with Gasteiger partial charge in [0.25, 0.3) is 0 Å². The molecule has 3 aromatic carbocycles. The molecule has 0 atom stereocenters. The molecule has 0 aliphatic carbocycles. The van der Waals surface area contributed by atoms with Crippen molar-refractivity contribution in [3.63, 3.8) is 0 Å². The zero-order valence-electron chi connectivity index (χ0n) is 18.9. The molecule has 0 aliphatic heterocycles. The average Bonchev–Trinajstić information content (AvgIpc) is 3.30. The van der Waals surface area contributed by atoms with Gasteiger partial charge in [-0.2, -0.15) is 0 Å². The summed E-state index contributed by atoms with van der Waals surface area (Å²) in [5, 5.41) is 10.3. The van der Waals surface area contributed by atoms with Crippen LogP contribution < -0.4 is 4.74 Å². The Bertz CT molecular complexity index is 1480. The van der Waals surface area contributed by atoms with Gasteiger partial charge in [0.05, 0.1) is 23.1 Å². The van der Waals surface area contributed by atoms with Crippen molar-refractivity contribution in [2.45, 2.75) is 27.7 Å². The number of aryl methyl sites for hydroxylation is 3. The number of pyridine rings is 1. The van der Waals surface area contributed by atoms with Gasteiger partial charge in [0, 0.05) is 10.4 Å². The fourth-order valence-electron chi connectivity index (χ4n) is 3.82. The Labute approximate surface area is 197 Å². The third kappa shape index (κ3) is 4.08. The Balaban J connectivity index is 1.48. The fourth-order valence-corrected chi connectivity index (χ4v) is 3.94. The molecule has 2 heterocycles. The number of rotatable bonds is 4. The first kappa shape index (κ1) is 21.2. The molecule has 0 fully saturated rings. The zero-order valence-corrected chi connectivity index (χ0v) is 19.7. The van der Waals surface area contributed by atoms with Crippen molar-refractivity contribution in [2.75, 3.05) is 0 Å². The molecule has 0 spiro atoms. The predicted molar refractivity (Wildman–Crippen MR) is 133 cm³/mol. The molecule has 164 valence electrons. The van der Waals surface area contributed by atoms with Crippen molar-refractivity contribution in [1.82, 2.24) is 20.0 Å². The standard InChI is InChI=1S/C27H23ClN4O/c1-16-12-20(13-17(2)19(16)4)32-15-26(30-31-32)25-11-9-22-24(29-25)6-5-7-27(22)33-21-8-10-23(28)18(3)14-21/h5-15H,1-4H3. The molecule has 0 saturated carbocycles. The van der Waals surface area contributed by atoms with Crippen LogP contribution in [0.3, 0.4) is 0 Å². The van der Waals surface area contributed by atoms with E-state index in [9.17, 15) is 0 Å². The quantitative estimate of drug-likeness (QED) is 0.289. The monoisotopic (exact) mass is 454 g/mol. The van der Waals surface area contributed by atoms with Crippen LogP contribution in [0.5, 0.6) is 11.5 Å². The van der Waals surface area contributed by atoms with E-state index in [4.69, 9.17) is 21.3 Å². The van der Waals surface area contributed by atoms with E-state index in [2.05, 4.69) is 43.2 Å². The van der Waals surface area contributed by atoms with Gasteiger partial charge in [0.1, 0.15) is 17.2 Å². The molecule has 0 N–H and O–H groups in total. The van der Waals surface area contributed by atoms with Crippen molar-refractivity contribution >= 4 is 22.5 Å². The SMILES string of the molecule is Cc1cc(Oc2cccc3nc(-c4cn(-c5cc(C)c(C)c(C)c5)nn4)ccc23)ccc1Cl. The number of aromatic nitrogens is 4. The third-order valence-corrected chi connectivity index (χ3v) is 6.41. The molecule has 0 unspecified atom stereocenters. The number of hydrogen-bond acceptors (Lipinski definition) is 4. The lowest BCUT2D eigenvalue weighted by molar-refractivity contribution is 0.488. The van der Waals surface area contributed by atoms with Crippen molar-refractivity contribution in [1.29, 1.82) is 0 Å². The summed E-state index contributed by atoms with van der Waals surface area (Å²) in [5.41, 5.74) is 8.01. The molecular formula is C27H23ClN4O. The van der Waals surface area contributed by atoms with Gasteiger partial charge in [-0.25, -0.2) is 9.67 Å². The van der Waals surface area contributed by atoms with Gasteiger partial charge in [-0.3, -0.25) is 0 Å². The van der Waals surface area contributed by atoms with E-state index in [0.717, 1.165) is 44.4 Å². The van der Waals surface area contributed by atoms with Gasteiger partial charge in [-0.05, 0) is 105 Å². The van der Waals surface area contributed by atoms with Crippen LogP contribution in [-0.4, -0.2) is 20.0 Å². The van der Waals surface area contributed by atoms with Crippen LogP contribution in [0, 0.1) is 27.7 Å². The maximum Gasteiger partial charge on any atom is 0.136 e. The van der Waals surface area contributed by atoms with Crippen molar-refractivity contribution in [3.05, 3.63) is 94.1 Å². The summed E-state index contributed by atoms with van der Waals surface area (Å²) in [4.78, 5) is 4.82. The van der Waals surface area contributed by atoms with Crippen molar-refractivity contribution in [3.8, 4) is 28.6 Å². The molecule has 33 heavy (non-hydrogen) atoms. The van der Waals surface area contributed by atoms with Crippen molar-refractivity contribution in [2.24, 2.45) is 0 Å². The Morgan fingerprint density at radius 3 is 2.36 bits per heavy atom. The molecule has 0 amide bonds. The first-order valence-electron chi connectivity index (χ1n) is 10.7. The molecule has 0 bridgehead atoms. The molecule has 5 nitrogen and oxygen atoms in total. The highest BCUT2D eigenvalue weighted by molar-refractivity contribution is 6.31. The summed E-state index contributed by atoms with van der Waals surface area (Å²) in [5.74, 6) is 1.47. The smallest absolute Gasteiger partial charge is 0.136 e. The topological polar surface area (TPSA) is 52.8 Å². The third-order valence-electron chi connectivity index (χ3n) is 5.98. The molecule has 6 heteroatoms. The van der Waals surface area contributed by atoms with Gasteiger partial charge >= 0.3 is 0 Å². The van der Waals surface area contributed by atoms with Gasteiger partial charge in [0.2, 0.25) is 0 Å². The minimum atomic E-state index is 0.715. The van der Waals surface area contributed by atoms with Gasteiger partial charge in [-0.15, -0.1) is 5.10 Å². The number of ether oxygens (including phenoxy) is 1. The lowest BCUT2D eigenvalue weighted by atomic mass is 10.0. The Kier molecular flexibility index (Phi) is 5.35. The Hall–Kier alpha value is -3.70. The molecular weight excluding hydrogens is 432 g/mol. The summed E-state index contributed by atoms with van der Waals surface area (Å²) in [6, 6.07) is 19.7. The molecule has 5 aromatic rings. The molecule has 2 aromatic heterocycles. The first-order chi connectivity index (χ1) is 15.9. The molecule has 0 radical (unpaired) electrons. The van der Waals surface area contributed by atoms with E-state index in [1.807, 2.05) is 61.7 Å². The first-order valence-corrected chi connectivity index (χ1v) is 11.1. The lowest BCUT2D eigenvalue weighted by Gasteiger charge is -2.10. The second kappa shape index (κ2) is 8.34. The van der Waals surface area contributed by atoms with Gasteiger partial charge in [-0.1, -0.05) is 22.9 Å². The van der Waals surface area contributed by atoms with Gasteiger partial charge < -0.3 is 4.74 Å².